The summed E-state index contributed by atoms with van der Waals surface area (Å²) in [7, 11) is 0. The van der Waals surface area contributed by atoms with Gasteiger partial charge in [-0.1, -0.05) is 12.8 Å². The van der Waals surface area contributed by atoms with Crippen LogP contribution in [0, 0.1) is 5.92 Å². The predicted molar refractivity (Wildman–Crippen MR) is 37.2 cm³/mol. The van der Waals surface area contributed by atoms with Crippen LogP contribution in [0.4, 0.5) is 0 Å². The highest BCUT2D eigenvalue weighted by Gasteiger charge is 2.35. The Labute approximate surface area is 60.2 Å². The Bertz CT molecular complexity index is 150. The minimum atomic E-state index is -1.28. The van der Waals surface area contributed by atoms with Gasteiger partial charge in [-0.2, -0.15) is 0 Å². The topological polar surface area (TPSA) is 63.3 Å². The molecule has 10 heavy (non-hydrogen) atoms. The highest BCUT2D eigenvalue weighted by molar-refractivity contribution is 5.82. The SMILES string of the molecule is C[C@@](O)(CC1CC1)C(N)=O. The van der Waals surface area contributed by atoms with Gasteiger partial charge in [0.25, 0.3) is 0 Å². The molecular formula is C7H13NO2. The Morgan fingerprint density at radius 3 is 2.60 bits per heavy atom. The molecule has 0 spiro atoms. The summed E-state index contributed by atoms with van der Waals surface area (Å²) < 4.78 is 0. The molecule has 0 heterocycles. The third-order valence-corrected chi connectivity index (χ3v) is 1.91. The maximum Gasteiger partial charge on any atom is 0.249 e. The standard InChI is InChI=1S/C7H13NO2/c1-7(10,6(8)9)4-5-2-3-5/h5,10H,2-4H2,1H3,(H2,8,9)/t7-/m1/s1. The smallest absolute Gasteiger partial charge is 0.249 e. The molecule has 3 N–H and O–H groups in total. The molecule has 0 aromatic carbocycles. The lowest BCUT2D eigenvalue weighted by Gasteiger charge is -2.17. The molecule has 3 heteroatoms. The minimum Gasteiger partial charge on any atom is -0.380 e. The third kappa shape index (κ3) is 1.70. The predicted octanol–water partition coefficient (Wildman–Crippen LogP) is 0.0228. The highest BCUT2D eigenvalue weighted by atomic mass is 16.3. The molecule has 0 bridgehead atoms. The molecule has 1 saturated carbocycles. The summed E-state index contributed by atoms with van der Waals surface area (Å²) in [6, 6.07) is 0. The van der Waals surface area contributed by atoms with Gasteiger partial charge in [0.05, 0.1) is 0 Å². The number of carbonyl (C=O) groups is 1. The van der Waals surface area contributed by atoms with E-state index in [2.05, 4.69) is 0 Å². The van der Waals surface area contributed by atoms with Crippen LogP contribution in [0.1, 0.15) is 26.2 Å². The van der Waals surface area contributed by atoms with Crippen molar-refractivity contribution >= 4 is 5.91 Å². The number of hydrogen-bond donors (Lipinski definition) is 2. The van der Waals surface area contributed by atoms with Crippen LogP contribution in [-0.2, 0) is 4.79 Å². The van der Waals surface area contributed by atoms with E-state index in [-0.39, 0.29) is 0 Å². The number of amides is 1. The van der Waals surface area contributed by atoms with Gasteiger partial charge in [0.15, 0.2) is 0 Å². The Morgan fingerprint density at radius 1 is 1.80 bits per heavy atom. The zero-order valence-electron chi connectivity index (χ0n) is 6.13. The summed E-state index contributed by atoms with van der Waals surface area (Å²) >= 11 is 0. The second-order valence-corrected chi connectivity index (χ2v) is 3.29. The number of hydrogen-bond acceptors (Lipinski definition) is 2. The molecule has 0 saturated heterocycles. The van der Waals surface area contributed by atoms with Crippen LogP contribution in [0.5, 0.6) is 0 Å². The van der Waals surface area contributed by atoms with Gasteiger partial charge in [0.1, 0.15) is 5.60 Å². The molecular weight excluding hydrogens is 130 g/mol. The monoisotopic (exact) mass is 143 g/mol. The maximum atomic E-state index is 10.6. The fourth-order valence-electron chi connectivity index (χ4n) is 0.985. The molecule has 1 rings (SSSR count). The van der Waals surface area contributed by atoms with Crippen molar-refractivity contribution in [3.05, 3.63) is 0 Å². The molecule has 0 radical (unpaired) electrons. The van der Waals surface area contributed by atoms with Crippen molar-refractivity contribution in [3.63, 3.8) is 0 Å². The van der Waals surface area contributed by atoms with Gasteiger partial charge >= 0.3 is 0 Å². The molecule has 0 aromatic heterocycles. The Kier molecular flexibility index (Phi) is 1.68. The molecule has 3 nitrogen and oxygen atoms in total. The molecule has 58 valence electrons. The van der Waals surface area contributed by atoms with Crippen LogP contribution < -0.4 is 5.73 Å². The van der Waals surface area contributed by atoms with E-state index in [1.165, 1.54) is 6.92 Å². The summed E-state index contributed by atoms with van der Waals surface area (Å²) in [6.45, 7) is 1.48. The summed E-state index contributed by atoms with van der Waals surface area (Å²) in [4.78, 5) is 10.6. The van der Waals surface area contributed by atoms with E-state index in [0.717, 1.165) is 12.8 Å². The fraction of sp³-hybridized carbons (Fsp3) is 0.857. The van der Waals surface area contributed by atoms with Gasteiger partial charge in [0, 0.05) is 0 Å². The van der Waals surface area contributed by atoms with Gasteiger partial charge in [-0.25, -0.2) is 0 Å². The van der Waals surface area contributed by atoms with Crippen LogP contribution >= 0.6 is 0 Å². The maximum absolute atomic E-state index is 10.6. The number of nitrogens with two attached hydrogens (primary N) is 1. The zero-order valence-corrected chi connectivity index (χ0v) is 6.13. The van der Waals surface area contributed by atoms with E-state index in [0.29, 0.717) is 12.3 Å². The largest absolute Gasteiger partial charge is 0.380 e. The van der Waals surface area contributed by atoms with E-state index in [1.54, 1.807) is 0 Å². The summed E-state index contributed by atoms with van der Waals surface area (Å²) in [6.07, 6.45) is 2.79. The molecule has 0 aliphatic heterocycles. The first kappa shape index (κ1) is 7.54. The van der Waals surface area contributed by atoms with E-state index in [1.807, 2.05) is 0 Å². The highest BCUT2D eigenvalue weighted by Crippen LogP contribution is 2.36. The van der Waals surface area contributed by atoms with Crippen LogP contribution in [0.25, 0.3) is 0 Å². The second kappa shape index (κ2) is 2.23. The minimum absolute atomic E-state index is 0.530. The van der Waals surface area contributed by atoms with Crippen molar-refractivity contribution in [2.45, 2.75) is 31.8 Å². The first-order chi connectivity index (χ1) is 4.52. The molecule has 1 aliphatic carbocycles. The van der Waals surface area contributed by atoms with Crippen LogP contribution in [0.2, 0.25) is 0 Å². The molecule has 1 aliphatic rings. The van der Waals surface area contributed by atoms with E-state index >= 15 is 0 Å². The van der Waals surface area contributed by atoms with E-state index in [9.17, 15) is 9.90 Å². The van der Waals surface area contributed by atoms with Crippen molar-refractivity contribution in [3.8, 4) is 0 Å². The van der Waals surface area contributed by atoms with Crippen LogP contribution in [0.3, 0.4) is 0 Å². The lowest BCUT2D eigenvalue weighted by molar-refractivity contribution is -0.135. The van der Waals surface area contributed by atoms with Gasteiger partial charge < -0.3 is 10.8 Å². The van der Waals surface area contributed by atoms with Gasteiger partial charge in [-0.15, -0.1) is 0 Å². The first-order valence-corrected chi connectivity index (χ1v) is 3.54. The normalized spacial score (nSPS) is 23.8. The van der Waals surface area contributed by atoms with Crippen molar-refractivity contribution in [1.82, 2.24) is 0 Å². The molecule has 0 aromatic rings. The van der Waals surface area contributed by atoms with Crippen molar-refractivity contribution in [2.75, 3.05) is 0 Å². The second-order valence-electron chi connectivity index (χ2n) is 3.29. The number of carbonyl (C=O) groups excluding carboxylic acids is 1. The molecule has 0 unspecified atom stereocenters. The van der Waals surface area contributed by atoms with E-state index in [4.69, 9.17) is 5.73 Å². The summed E-state index contributed by atoms with van der Waals surface area (Å²) in [5.41, 5.74) is 3.68. The zero-order chi connectivity index (χ0) is 7.78. The van der Waals surface area contributed by atoms with Gasteiger partial charge in [-0.3, -0.25) is 4.79 Å². The number of primary amides is 1. The van der Waals surface area contributed by atoms with Crippen molar-refractivity contribution in [1.29, 1.82) is 0 Å². The van der Waals surface area contributed by atoms with Gasteiger partial charge in [-0.05, 0) is 19.3 Å². The average Bonchev–Trinajstić information content (AvgIpc) is 2.48. The quantitative estimate of drug-likeness (QED) is 0.585. The fourth-order valence-corrected chi connectivity index (χ4v) is 0.985. The van der Waals surface area contributed by atoms with E-state index < -0.39 is 11.5 Å². The third-order valence-electron chi connectivity index (χ3n) is 1.91. The lowest BCUT2D eigenvalue weighted by Crippen LogP contribution is -2.41. The molecule has 1 amide bonds. The summed E-state index contributed by atoms with van der Waals surface area (Å²) in [5, 5.41) is 9.33. The van der Waals surface area contributed by atoms with Crippen molar-refractivity contribution in [2.24, 2.45) is 11.7 Å². The average molecular weight is 143 g/mol. The molecule has 1 fully saturated rings. The van der Waals surface area contributed by atoms with Gasteiger partial charge in [0.2, 0.25) is 5.91 Å². The van der Waals surface area contributed by atoms with Crippen LogP contribution in [0.15, 0.2) is 0 Å². The van der Waals surface area contributed by atoms with Crippen LogP contribution in [-0.4, -0.2) is 16.6 Å². The number of rotatable bonds is 3. The summed E-state index contributed by atoms with van der Waals surface area (Å²) in [5.74, 6) is -0.0816. The molecule has 1 atom stereocenters. The Morgan fingerprint density at radius 2 is 2.30 bits per heavy atom. The van der Waals surface area contributed by atoms with Crippen molar-refractivity contribution < 1.29 is 9.90 Å². The lowest BCUT2D eigenvalue weighted by atomic mass is 9.99. The number of aliphatic hydroxyl groups is 1. The Hall–Kier alpha value is -0.570. The first-order valence-electron chi connectivity index (χ1n) is 3.54. The Balaban J connectivity index is 2.40.